The Balaban J connectivity index is 1.58. The van der Waals surface area contributed by atoms with Crippen molar-refractivity contribution >= 4 is 40.2 Å². The van der Waals surface area contributed by atoms with Crippen molar-refractivity contribution < 1.29 is 44.0 Å². The lowest BCUT2D eigenvalue weighted by atomic mass is 9.75. The van der Waals surface area contributed by atoms with Crippen LogP contribution in [0.5, 0.6) is 17.2 Å². The Hall–Kier alpha value is -5.84. The van der Waals surface area contributed by atoms with Crippen molar-refractivity contribution in [2.75, 3.05) is 7.11 Å². The van der Waals surface area contributed by atoms with Gasteiger partial charge in [-0.3, -0.25) is 28.8 Å². The molecule has 7 rings (SSSR count). The number of Topliss-reactive ketones (excluding diaryl/α,β-unsaturated/α-hetero) is 3. The number of hydrogen-bond acceptors (Lipinski definition) is 10. The first-order chi connectivity index (χ1) is 20.6. The zero-order valence-electron chi connectivity index (χ0n) is 22.2. The van der Waals surface area contributed by atoms with E-state index in [2.05, 4.69) is 4.98 Å². The number of hydrogen-bond donors (Lipinski definition) is 4. The normalized spacial score (nSPS) is 18.6. The first-order valence-electron chi connectivity index (χ1n) is 13.1. The molecule has 1 spiro atoms. The highest BCUT2D eigenvalue weighted by atomic mass is 16.5. The predicted octanol–water partition coefficient (Wildman–Crippen LogP) is 3.30. The molecular weight excluding hydrogens is 558 g/mol. The summed E-state index contributed by atoms with van der Waals surface area (Å²) in [5.74, 6) is -6.93. The summed E-state index contributed by atoms with van der Waals surface area (Å²) in [7, 11) is 1.13. The molecule has 0 aliphatic heterocycles. The fourth-order valence-corrected chi connectivity index (χ4v) is 6.85. The molecule has 4 aromatic rings. The smallest absolute Gasteiger partial charge is 0.260 e. The second kappa shape index (κ2) is 8.58. The van der Waals surface area contributed by atoms with Crippen LogP contribution in [0.1, 0.15) is 69.5 Å². The number of aldehydes is 1. The van der Waals surface area contributed by atoms with Gasteiger partial charge >= 0.3 is 0 Å². The van der Waals surface area contributed by atoms with Gasteiger partial charge in [-0.05, 0) is 35.6 Å². The molecule has 0 radical (unpaired) electrons. The lowest BCUT2D eigenvalue weighted by Gasteiger charge is -2.24. The van der Waals surface area contributed by atoms with Crippen molar-refractivity contribution in [2.24, 2.45) is 0 Å². The zero-order valence-corrected chi connectivity index (χ0v) is 22.2. The van der Waals surface area contributed by atoms with Crippen LogP contribution in [-0.4, -0.2) is 56.8 Å². The number of nitrogens with one attached hydrogen (secondary N) is 1. The van der Waals surface area contributed by atoms with Gasteiger partial charge in [0.2, 0.25) is 5.78 Å². The number of fused-ring (bicyclic) bond motifs is 5. The number of allylic oxidation sites excluding steroid dienone is 2. The number of carbonyl (C=O) groups is 5. The van der Waals surface area contributed by atoms with Crippen LogP contribution in [0.15, 0.2) is 53.0 Å². The summed E-state index contributed by atoms with van der Waals surface area (Å²) < 4.78 is 4.93. The van der Waals surface area contributed by atoms with Crippen molar-refractivity contribution in [2.45, 2.75) is 18.3 Å². The van der Waals surface area contributed by atoms with Gasteiger partial charge in [0.25, 0.3) is 5.56 Å². The van der Waals surface area contributed by atoms with Crippen LogP contribution in [-0.2, 0) is 16.6 Å². The van der Waals surface area contributed by atoms with Crippen LogP contribution in [0.3, 0.4) is 0 Å². The number of rotatable bonds is 3. The highest BCUT2D eigenvalue weighted by molar-refractivity contribution is 6.39. The standard InChI is InChI=1S/C32H19NO10/c1-43-17-10-16(35)20-21(25(17)36)27(38)23-22(26(20)37)29(40)32(30(23)41)8-7-14-18(12-5-3-2-4-6-12)15-9-13(11-34)33-31(42)19(15)28(39)24(14)32/h2-6,9-11,37-39H,7-8H2,1H3,(H,33,42)/t32-/m0/s1. The second-order valence-corrected chi connectivity index (χ2v) is 10.6. The number of aromatic nitrogens is 1. The monoisotopic (exact) mass is 577 g/mol. The molecule has 0 unspecified atom stereocenters. The third-order valence-electron chi connectivity index (χ3n) is 8.62. The molecular formula is C32H19NO10. The minimum Gasteiger partial charge on any atom is -0.507 e. The largest absolute Gasteiger partial charge is 0.507 e. The number of methoxy groups -OCH3 is 1. The van der Waals surface area contributed by atoms with Crippen molar-refractivity contribution in [3.8, 4) is 28.4 Å². The Morgan fingerprint density at radius 2 is 1.51 bits per heavy atom. The van der Waals surface area contributed by atoms with E-state index in [0.717, 1.165) is 13.2 Å². The molecule has 43 heavy (non-hydrogen) atoms. The molecule has 0 saturated carbocycles. The van der Waals surface area contributed by atoms with Gasteiger partial charge in [0, 0.05) is 17.0 Å². The SMILES string of the molecule is COC1=CC(=O)c2c(O)c3c(c(O)c2C1=O)C(=O)[C@]1(CCc2c1c(O)c1c(=O)[nH]c(C=O)cc1c2-c1ccccc1)C3=O. The zero-order chi connectivity index (χ0) is 30.5. The maximum Gasteiger partial charge on any atom is 0.260 e. The summed E-state index contributed by atoms with van der Waals surface area (Å²) in [5, 5.41) is 34.1. The van der Waals surface area contributed by atoms with Crippen molar-refractivity contribution in [3.63, 3.8) is 0 Å². The average Bonchev–Trinajstić information content (AvgIpc) is 3.50. The van der Waals surface area contributed by atoms with E-state index in [0.29, 0.717) is 23.0 Å². The number of phenols is 3. The first kappa shape index (κ1) is 26.1. The number of benzene rings is 3. The third-order valence-corrected chi connectivity index (χ3v) is 8.62. The summed E-state index contributed by atoms with van der Waals surface area (Å²) in [5.41, 5.74) is -4.58. The molecule has 1 atom stereocenters. The molecule has 3 aromatic carbocycles. The van der Waals surface area contributed by atoms with Crippen molar-refractivity contribution in [1.29, 1.82) is 0 Å². The molecule has 0 saturated heterocycles. The van der Waals surface area contributed by atoms with Crippen LogP contribution in [0.4, 0.5) is 0 Å². The van der Waals surface area contributed by atoms with E-state index in [-0.39, 0.29) is 34.9 Å². The van der Waals surface area contributed by atoms with Crippen molar-refractivity contribution in [1.82, 2.24) is 4.98 Å². The minimum atomic E-state index is -2.20. The lowest BCUT2D eigenvalue weighted by molar-refractivity contribution is 0.0790. The molecule has 1 aromatic heterocycles. The van der Waals surface area contributed by atoms with E-state index >= 15 is 0 Å². The van der Waals surface area contributed by atoms with Gasteiger partial charge in [-0.25, -0.2) is 0 Å². The Morgan fingerprint density at radius 1 is 0.860 bits per heavy atom. The topological polar surface area (TPSA) is 188 Å². The van der Waals surface area contributed by atoms with E-state index in [1.807, 2.05) is 0 Å². The number of phenolic OH excluding ortho intramolecular Hbond substituents is 3. The van der Waals surface area contributed by atoms with Crippen molar-refractivity contribution in [3.05, 3.63) is 97.7 Å². The fraction of sp³-hybridized carbons (Fsp3) is 0.125. The van der Waals surface area contributed by atoms with Crippen LogP contribution >= 0.6 is 0 Å². The van der Waals surface area contributed by atoms with Crippen LogP contribution in [0, 0.1) is 0 Å². The first-order valence-corrected chi connectivity index (χ1v) is 13.1. The lowest BCUT2D eigenvalue weighted by Crippen LogP contribution is -2.36. The number of ketones is 4. The van der Waals surface area contributed by atoms with Crippen LogP contribution < -0.4 is 5.56 Å². The Bertz CT molecular complexity index is 2160. The molecule has 11 heteroatoms. The quantitative estimate of drug-likeness (QED) is 0.160. The molecule has 4 N–H and O–H groups in total. The second-order valence-electron chi connectivity index (χ2n) is 10.6. The molecule has 3 aliphatic rings. The Labute approximate surface area is 240 Å². The number of carbonyl (C=O) groups excluding carboxylic acids is 5. The van der Waals surface area contributed by atoms with Gasteiger partial charge in [0.15, 0.2) is 29.4 Å². The fourth-order valence-electron chi connectivity index (χ4n) is 6.85. The van der Waals surface area contributed by atoms with Crippen LogP contribution in [0.25, 0.3) is 21.9 Å². The minimum absolute atomic E-state index is 0.0478. The summed E-state index contributed by atoms with van der Waals surface area (Å²) in [6.45, 7) is 0. The molecule has 0 fully saturated rings. The Morgan fingerprint density at radius 3 is 2.14 bits per heavy atom. The van der Waals surface area contributed by atoms with Crippen LogP contribution in [0.2, 0.25) is 0 Å². The number of aromatic hydroxyl groups is 3. The summed E-state index contributed by atoms with van der Waals surface area (Å²) >= 11 is 0. The number of pyridine rings is 1. The molecule has 1 heterocycles. The predicted molar refractivity (Wildman–Crippen MR) is 149 cm³/mol. The van der Waals surface area contributed by atoms with E-state index in [1.54, 1.807) is 30.3 Å². The number of H-pyrrole nitrogens is 1. The van der Waals surface area contributed by atoms with Gasteiger partial charge < -0.3 is 25.0 Å². The number of aromatic amines is 1. The molecule has 11 nitrogen and oxygen atoms in total. The van der Waals surface area contributed by atoms with E-state index in [9.17, 15) is 44.1 Å². The maximum absolute atomic E-state index is 14.3. The molecule has 212 valence electrons. The molecule has 0 bridgehead atoms. The molecule has 3 aliphatic carbocycles. The third kappa shape index (κ3) is 3.02. The Kier molecular flexibility index (Phi) is 5.21. The van der Waals surface area contributed by atoms with Gasteiger partial charge in [-0.2, -0.15) is 0 Å². The van der Waals surface area contributed by atoms with E-state index in [1.165, 1.54) is 6.07 Å². The van der Waals surface area contributed by atoms with Gasteiger partial charge in [0.05, 0.1) is 40.4 Å². The average molecular weight is 578 g/mol. The summed E-state index contributed by atoms with van der Waals surface area (Å²) in [4.78, 5) is 81.8. The summed E-state index contributed by atoms with van der Waals surface area (Å²) in [6.07, 6.45) is 1.08. The number of ether oxygens (including phenoxy) is 1. The maximum atomic E-state index is 14.3. The van der Waals surface area contributed by atoms with Gasteiger partial charge in [0.1, 0.15) is 22.7 Å². The molecule has 0 amide bonds. The van der Waals surface area contributed by atoms with E-state index in [4.69, 9.17) is 4.74 Å². The summed E-state index contributed by atoms with van der Waals surface area (Å²) in [6, 6.07) is 10.1. The highest BCUT2D eigenvalue weighted by Gasteiger charge is 2.62. The van der Waals surface area contributed by atoms with E-state index < -0.39 is 79.4 Å². The highest BCUT2D eigenvalue weighted by Crippen LogP contribution is 2.59. The van der Waals surface area contributed by atoms with Gasteiger partial charge in [-0.15, -0.1) is 0 Å². The van der Waals surface area contributed by atoms with Gasteiger partial charge in [-0.1, -0.05) is 30.3 Å².